The molecule has 5 heteroatoms. The topological polar surface area (TPSA) is 61.6 Å². The zero-order chi connectivity index (χ0) is 8.97. The van der Waals surface area contributed by atoms with Crippen molar-refractivity contribution in [2.45, 2.75) is 6.42 Å². The van der Waals surface area contributed by atoms with E-state index in [1.165, 1.54) is 20.6 Å². The van der Waals surface area contributed by atoms with Crippen molar-refractivity contribution in [2.24, 2.45) is 0 Å². The largest absolute Gasteiger partial charge is 0.469 e. The zero-order valence-corrected chi connectivity index (χ0v) is 6.86. The van der Waals surface area contributed by atoms with Crippen LogP contribution in [0.3, 0.4) is 0 Å². The third-order valence-electron chi connectivity index (χ3n) is 1.33. The number of hydrogen-bond donors (Lipinski definition) is 0. The van der Waals surface area contributed by atoms with Crippen LogP contribution in [0.15, 0.2) is 10.8 Å². The number of rotatable bonds is 3. The predicted octanol–water partition coefficient (Wildman–Crippen LogP) is 0.399. The van der Waals surface area contributed by atoms with Crippen LogP contribution in [0.25, 0.3) is 0 Å². The molecule has 66 valence electrons. The summed E-state index contributed by atoms with van der Waals surface area (Å²) >= 11 is 0. The van der Waals surface area contributed by atoms with E-state index in [-0.39, 0.29) is 18.3 Å². The summed E-state index contributed by atoms with van der Waals surface area (Å²) in [6, 6.07) is 0. The summed E-state index contributed by atoms with van der Waals surface area (Å²) in [5.41, 5.74) is 0.448. The minimum atomic E-state index is -0.373. The molecule has 0 bridgehead atoms. The molecular weight excluding hydrogens is 162 g/mol. The highest BCUT2D eigenvalue weighted by atomic mass is 16.6. The lowest BCUT2D eigenvalue weighted by Crippen LogP contribution is -2.05. The second-order valence-corrected chi connectivity index (χ2v) is 2.04. The third-order valence-corrected chi connectivity index (χ3v) is 1.33. The summed E-state index contributed by atoms with van der Waals surface area (Å²) in [5.74, 6) is -0.123. The third kappa shape index (κ3) is 1.75. The Kier molecular flexibility index (Phi) is 2.68. The monoisotopic (exact) mass is 171 g/mol. The fraction of sp³-hybridized carbons (Fsp3) is 0.429. The number of carbonyl (C=O) groups excluding carboxylic acids is 1. The molecule has 0 radical (unpaired) electrons. The molecule has 5 nitrogen and oxygen atoms in total. The molecule has 1 aromatic heterocycles. The van der Waals surface area contributed by atoms with Crippen molar-refractivity contribution in [2.75, 3.05) is 14.2 Å². The number of carbonyl (C=O) groups is 1. The van der Waals surface area contributed by atoms with Gasteiger partial charge in [-0.05, 0) is 0 Å². The Labute approximate surface area is 69.3 Å². The SMILES string of the molecule is COC(=O)Cc1ncoc1OC. The zero-order valence-electron chi connectivity index (χ0n) is 6.86. The summed E-state index contributed by atoms with van der Waals surface area (Å²) in [6.45, 7) is 0. The van der Waals surface area contributed by atoms with Gasteiger partial charge in [0, 0.05) is 0 Å². The Morgan fingerprint density at radius 1 is 1.67 bits per heavy atom. The van der Waals surface area contributed by atoms with Gasteiger partial charge in [0.1, 0.15) is 5.69 Å². The van der Waals surface area contributed by atoms with E-state index in [1.54, 1.807) is 0 Å². The van der Waals surface area contributed by atoms with Gasteiger partial charge in [0.2, 0.25) is 0 Å². The molecule has 0 saturated heterocycles. The maximum Gasteiger partial charge on any atom is 0.311 e. The number of esters is 1. The highest BCUT2D eigenvalue weighted by molar-refractivity contribution is 5.72. The molecule has 0 amide bonds. The van der Waals surface area contributed by atoms with Crippen LogP contribution in [0.2, 0.25) is 0 Å². The first-order chi connectivity index (χ1) is 5.77. The number of nitrogens with zero attached hydrogens (tertiary/aromatic N) is 1. The lowest BCUT2D eigenvalue weighted by Gasteiger charge is -1.97. The van der Waals surface area contributed by atoms with Crippen LogP contribution >= 0.6 is 0 Å². The first kappa shape index (κ1) is 8.58. The molecule has 0 atom stereocenters. The fourth-order valence-electron chi connectivity index (χ4n) is 0.751. The summed E-state index contributed by atoms with van der Waals surface area (Å²) in [7, 11) is 2.76. The highest BCUT2D eigenvalue weighted by Crippen LogP contribution is 2.16. The van der Waals surface area contributed by atoms with Gasteiger partial charge < -0.3 is 13.9 Å². The number of hydrogen-bond acceptors (Lipinski definition) is 5. The molecule has 1 heterocycles. The van der Waals surface area contributed by atoms with Crippen molar-refractivity contribution < 1.29 is 18.7 Å². The van der Waals surface area contributed by atoms with Crippen molar-refractivity contribution in [1.82, 2.24) is 4.98 Å². The minimum absolute atomic E-state index is 0.0656. The van der Waals surface area contributed by atoms with Crippen LogP contribution in [-0.4, -0.2) is 25.2 Å². The average molecular weight is 171 g/mol. The van der Waals surface area contributed by atoms with Gasteiger partial charge in [0.15, 0.2) is 6.39 Å². The van der Waals surface area contributed by atoms with Crippen molar-refractivity contribution in [3.8, 4) is 5.95 Å². The minimum Gasteiger partial charge on any atom is -0.469 e. The van der Waals surface area contributed by atoms with Crippen LogP contribution < -0.4 is 4.74 Å². The fourth-order valence-corrected chi connectivity index (χ4v) is 0.751. The van der Waals surface area contributed by atoms with E-state index < -0.39 is 0 Å². The molecule has 0 unspecified atom stereocenters. The Morgan fingerprint density at radius 2 is 2.42 bits per heavy atom. The van der Waals surface area contributed by atoms with E-state index >= 15 is 0 Å². The molecule has 0 saturated carbocycles. The first-order valence-corrected chi connectivity index (χ1v) is 3.31. The Morgan fingerprint density at radius 3 is 3.00 bits per heavy atom. The maximum absolute atomic E-state index is 10.8. The van der Waals surface area contributed by atoms with E-state index in [0.717, 1.165) is 0 Å². The summed E-state index contributed by atoms with van der Waals surface area (Å²) in [5, 5.41) is 0. The molecule has 0 aliphatic heterocycles. The molecule has 0 spiro atoms. The smallest absolute Gasteiger partial charge is 0.311 e. The molecule has 0 fully saturated rings. The molecule has 1 rings (SSSR count). The van der Waals surface area contributed by atoms with E-state index in [4.69, 9.17) is 9.15 Å². The number of oxazole rings is 1. The van der Waals surface area contributed by atoms with Gasteiger partial charge in [-0.15, -0.1) is 0 Å². The van der Waals surface area contributed by atoms with E-state index in [0.29, 0.717) is 5.69 Å². The summed E-state index contributed by atoms with van der Waals surface area (Å²) < 4.78 is 14.1. The van der Waals surface area contributed by atoms with E-state index in [9.17, 15) is 4.79 Å². The molecular formula is C7H9NO4. The molecule has 12 heavy (non-hydrogen) atoms. The summed E-state index contributed by atoms with van der Waals surface area (Å²) in [6.07, 6.45) is 1.28. The summed E-state index contributed by atoms with van der Waals surface area (Å²) in [4.78, 5) is 14.6. The highest BCUT2D eigenvalue weighted by Gasteiger charge is 2.12. The first-order valence-electron chi connectivity index (χ1n) is 3.31. The Hall–Kier alpha value is -1.52. The van der Waals surface area contributed by atoms with Gasteiger partial charge in [-0.2, -0.15) is 0 Å². The van der Waals surface area contributed by atoms with Crippen molar-refractivity contribution in [3.63, 3.8) is 0 Å². The van der Waals surface area contributed by atoms with Gasteiger partial charge in [-0.3, -0.25) is 4.79 Å². The van der Waals surface area contributed by atoms with Crippen LogP contribution in [-0.2, 0) is 16.0 Å². The van der Waals surface area contributed by atoms with Crippen molar-refractivity contribution in [1.29, 1.82) is 0 Å². The van der Waals surface area contributed by atoms with E-state index in [2.05, 4.69) is 9.72 Å². The molecule has 1 aromatic rings. The van der Waals surface area contributed by atoms with Gasteiger partial charge >= 0.3 is 11.9 Å². The molecule has 0 aromatic carbocycles. The van der Waals surface area contributed by atoms with Gasteiger partial charge in [0.25, 0.3) is 0 Å². The van der Waals surface area contributed by atoms with E-state index in [1.807, 2.05) is 0 Å². The van der Waals surface area contributed by atoms with Crippen molar-refractivity contribution >= 4 is 5.97 Å². The average Bonchev–Trinajstić information content (AvgIpc) is 2.51. The van der Waals surface area contributed by atoms with Crippen molar-refractivity contribution in [3.05, 3.63) is 12.1 Å². The standard InChI is InChI=1S/C7H9NO4/c1-10-6(9)3-5-7(11-2)12-4-8-5/h4H,3H2,1-2H3. The Balaban J connectivity index is 2.68. The number of methoxy groups -OCH3 is 2. The predicted molar refractivity (Wildman–Crippen MR) is 38.8 cm³/mol. The molecule has 0 N–H and O–H groups in total. The number of aromatic nitrogens is 1. The van der Waals surface area contributed by atoms with Gasteiger partial charge in [-0.25, -0.2) is 4.98 Å². The van der Waals surface area contributed by atoms with Gasteiger partial charge in [0.05, 0.1) is 20.6 Å². The normalized spacial score (nSPS) is 9.50. The van der Waals surface area contributed by atoms with Crippen LogP contribution in [0.4, 0.5) is 0 Å². The number of ether oxygens (including phenoxy) is 2. The maximum atomic E-state index is 10.8. The van der Waals surface area contributed by atoms with Crippen LogP contribution in [0, 0.1) is 0 Å². The van der Waals surface area contributed by atoms with Gasteiger partial charge in [-0.1, -0.05) is 0 Å². The van der Waals surface area contributed by atoms with Crippen LogP contribution in [0.1, 0.15) is 5.69 Å². The second-order valence-electron chi connectivity index (χ2n) is 2.04. The Bertz CT molecular complexity index is 268. The molecule has 0 aliphatic carbocycles. The lowest BCUT2D eigenvalue weighted by molar-refractivity contribution is -0.139. The quantitative estimate of drug-likeness (QED) is 0.616. The molecule has 0 aliphatic rings. The van der Waals surface area contributed by atoms with Crippen LogP contribution in [0.5, 0.6) is 5.95 Å². The lowest BCUT2D eigenvalue weighted by atomic mass is 10.3. The second kappa shape index (κ2) is 3.75.